The molecular formula is C11H6BrF4I3O2. The minimum Gasteiger partial charge on any atom is -0.462 e. The standard InChI is InChI=1S/C11H6BrF4I3O2/c12-11(15,16)10(13,14)1-2-21-9(20)6-3-5(17)4-7(18)8(6)19/h3-4H,1-2H2. The monoisotopic (exact) mass is 706 g/mol. The van der Waals surface area contributed by atoms with Crippen LogP contribution < -0.4 is 0 Å². The molecule has 0 amide bonds. The number of halogens is 8. The van der Waals surface area contributed by atoms with Gasteiger partial charge in [-0.15, -0.1) is 0 Å². The maximum absolute atomic E-state index is 13.0. The number of carbonyl (C=O) groups excluding carboxylic acids is 1. The molecule has 0 spiro atoms. The van der Waals surface area contributed by atoms with E-state index >= 15 is 0 Å². The minimum absolute atomic E-state index is 0.223. The zero-order valence-electron chi connectivity index (χ0n) is 9.91. The van der Waals surface area contributed by atoms with Gasteiger partial charge in [-0.05, 0) is 95.8 Å². The molecule has 0 bridgehead atoms. The highest BCUT2D eigenvalue weighted by atomic mass is 127. The van der Waals surface area contributed by atoms with Crippen molar-refractivity contribution in [1.29, 1.82) is 0 Å². The van der Waals surface area contributed by atoms with Crippen molar-refractivity contribution in [1.82, 2.24) is 0 Å². The van der Waals surface area contributed by atoms with E-state index in [2.05, 4.69) is 4.74 Å². The lowest BCUT2D eigenvalue weighted by Crippen LogP contribution is -2.36. The van der Waals surface area contributed by atoms with Crippen LogP contribution in [0.1, 0.15) is 16.8 Å². The van der Waals surface area contributed by atoms with E-state index in [4.69, 9.17) is 0 Å². The highest BCUT2D eigenvalue weighted by molar-refractivity contribution is 14.1. The van der Waals surface area contributed by atoms with Gasteiger partial charge in [0, 0.05) is 10.7 Å². The summed E-state index contributed by atoms with van der Waals surface area (Å²) in [6.45, 7) is -0.800. The second-order valence-corrected chi connectivity index (χ2v) is 8.32. The first-order chi connectivity index (χ1) is 9.45. The lowest BCUT2D eigenvalue weighted by Gasteiger charge is -2.21. The van der Waals surface area contributed by atoms with Gasteiger partial charge in [-0.2, -0.15) is 17.6 Å². The number of hydrogen-bond acceptors (Lipinski definition) is 2. The van der Waals surface area contributed by atoms with Crippen molar-refractivity contribution >= 4 is 89.7 Å². The normalized spacial score (nSPS) is 12.4. The van der Waals surface area contributed by atoms with Crippen LogP contribution in [0.5, 0.6) is 0 Å². The van der Waals surface area contributed by atoms with Crippen LogP contribution >= 0.6 is 83.7 Å². The number of hydrogen-bond donors (Lipinski definition) is 0. The van der Waals surface area contributed by atoms with Gasteiger partial charge in [0.1, 0.15) is 0 Å². The van der Waals surface area contributed by atoms with Crippen LogP contribution in [0.2, 0.25) is 0 Å². The molecule has 0 saturated heterocycles. The Morgan fingerprint density at radius 2 is 1.76 bits per heavy atom. The molecule has 0 aromatic heterocycles. The van der Waals surface area contributed by atoms with Crippen molar-refractivity contribution in [3.63, 3.8) is 0 Å². The molecule has 0 unspecified atom stereocenters. The molecule has 0 atom stereocenters. The quantitative estimate of drug-likeness (QED) is 0.130. The van der Waals surface area contributed by atoms with E-state index in [1.807, 2.05) is 73.8 Å². The maximum Gasteiger partial charge on any atom is 0.363 e. The first kappa shape index (κ1) is 20.1. The Morgan fingerprint density at radius 1 is 1.19 bits per heavy atom. The Balaban J connectivity index is 2.72. The molecule has 0 radical (unpaired) electrons. The first-order valence-corrected chi connectivity index (χ1v) is 9.25. The molecule has 0 aliphatic heterocycles. The molecule has 1 aromatic rings. The number of benzene rings is 1. The first-order valence-electron chi connectivity index (χ1n) is 5.22. The zero-order chi connectivity index (χ0) is 16.4. The Labute approximate surface area is 167 Å². The number of ether oxygens (including phenoxy) is 1. The molecule has 0 heterocycles. The molecule has 0 N–H and O–H groups in total. The molecule has 0 fully saturated rings. The van der Waals surface area contributed by atoms with E-state index in [0.29, 0.717) is 3.57 Å². The van der Waals surface area contributed by atoms with E-state index in [9.17, 15) is 22.4 Å². The third-order valence-corrected chi connectivity index (χ3v) is 6.52. The van der Waals surface area contributed by atoms with Crippen LogP contribution in [0.15, 0.2) is 12.1 Å². The van der Waals surface area contributed by atoms with Gasteiger partial charge in [-0.3, -0.25) is 0 Å². The molecule has 1 rings (SSSR count). The molecular weight excluding hydrogens is 701 g/mol. The second kappa shape index (κ2) is 7.77. The van der Waals surface area contributed by atoms with Gasteiger partial charge in [0.15, 0.2) is 0 Å². The van der Waals surface area contributed by atoms with Gasteiger partial charge in [0.25, 0.3) is 0 Å². The summed E-state index contributed by atoms with van der Waals surface area (Å²) in [5.74, 6) is -5.11. The highest BCUT2D eigenvalue weighted by Crippen LogP contribution is 2.41. The van der Waals surface area contributed by atoms with Gasteiger partial charge in [0.05, 0.1) is 18.6 Å². The summed E-state index contributed by atoms with van der Waals surface area (Å²) in [4.78, 5) is 7.49. The minimum atomic E-state index is -4.33. The molecule has 21 heavy (non-hydrogen) atoms. The summed E-state index contributed by atoms with van der Waals surface area (Å²) in [6, 6.07) is 3.38. The largest absolute Gasteiger partial charge is 0.462 e. The van der Waals surface area contributed by atoms with Gasteiger partial charge in [0.2, 0.25) is 0 Å². The summed E-state index contributed by atoms with van der Waals surface area (Å²) in [5.41, 5.74) is 0.223. The van der Waals surface area contributed by atoms with Gasteiger partial charge in [-0.25, -0.2) is 4.79 Å². The Kier molecular flexibility index (Phi) is 7.44. The van der Waals surface area contributed by atoms with Crippen LogP contribution in [0.4, 0.5) is 17.6 Å². The number of carbonyl (C=O) groups is 1. The molecule has 0 aliphatic carbocycles. The van der Waals surface area contributed by atoms with E-state index in [0.717, 1.165) is 7.14 Å². The van der Waals surface area contributed by atoms with E-state index in [1.54, 1.807) is 22.0 Å². The lowest BCUT2D eigenvalue weighted by atomic mass is 10.2. The topological polar surface area (TPSA) is 26.3 Å². The molecule has 118 valence electrons. The number of esters is 1. The van der Waals surface area contributed by atoms with Crippen LogP contribution in [0, 0.1) is 10.7 Å². The smallest absolute Gasteiger partial charge is 0.363 e. The zero-order valence-corrected chi connectivity index (χ0v) is 18.0. The maximum atomic E-state index is 13.0. The molecule has 0 aliphatic rings. The number of alkyl halides is 5. The summed E-state index contributed by atoms with van der Waals surface area (Å²) < 4.78 is 58.0. The molecule has 2 nitrogen and oxygen atoms in total. The molecule has 1 aromatic carbocycles. The van der Waals surface area contributed by atoms with Gasteiger partial charge in [-0.1, -0.05) is 0 Å². The SMILES string of the molecule is O=C(OCCC(F)(F)C(F)(F)Br)c1cc(I)cc(I)c1I. The summed E-state index contributed by atoms with van der Waals surface area (Å²) in [7, 11) is 0. The van der Waals surface area contributed by atoms with Crippen LogP contribution in [0.3, 0.4) is 0 Å². The third-order valence-electron chi connectivity index (χ3n) is 2.28. The molecule has 0 saturated carbocycles. The summed E-state index contributed by atoms with van der Waals surface area (Å²) >= 11 is 7.57. The fourth-order valence-electron chi connectivity index (χ4n) is 1.20. The Hall–Kier alpha value is 1.08. The predicted molar refractivity (Wildman–Crippen MR) is 98.3 cm³/mol. The average molecular weight is 707 g/mol. The summed E-state index contributed by atoms with van der Waals surface area (Å²) in [6.07, 6.45) is -1.27. The third kappa shape index (κ3) is 5.58. The predicted octanol–water partition coefficient (Wildman–Crippen LogP) is 5.67. The Morgan fingerprint density at radius 3 is 2.29 bits per heavy atom. The lowest BCUT2D eigenvalue weighted by molar-refractivity contribution is -0.156. The Bertz CT molecular complexity index is 549. The van der Waals surface area contributed by atoms with E-state index in [1.165, 1.54) is 0 Å². The fraction of sp³-hybridized carbons (Fsp3) is 0.364. The average Bonchev–Trinajstić information content (AvgIpc) is 2.31. The molecule has 10 heteroatoms. The second-order valence-electron chi connectivity index (χ2n) is 3.84. The van der Waals surface area contributed by atoms with Crippen molar-refractivity contribution in [3.8, 4) is 0 Å². The van der Waals surface area contributed by atoms with E-state index in [-0.39, 0.29) is 5.56 Å². The van der Waals surface area contributed by atoms with Crippen molar-refractivity contribution in [2.75, 3.05) is 6.61 Å². The van der Waals surface area contributed by atoms with E-state index < -0.39 is 29.8 Å². The van der Waals surface area contributed by atoms with Gasteiger partial charge < -0.3 is 4.74 Å². The van der Waals surface area contributed by atoms with Crippen LogP contribution in [-0.4, -0.2) is 23.3 Å². The van der Waals surface area contributed by atoms with Crippen molar-refractivity contribution < 1.29 is 27.1 Å². The summed E-state index contributed by atoms with van der Waals surface area (Å²) in [5, 5.41) is 0. The number of rotatable bonds is 5. The van der Waals surface area contributed by atoms with Gasteiger partial charge >= 0.3 is 16.7 Å². The van der Waals surface area contributed by atoms with Crippen LogP contribution in [-0.2, 0) is 4.74 Å². The van der Waals surface area contributed by atoms with Crippen molar-refractivity contribution in [3.05, 3.63) is 28.4 Å². The van der Waals surface area contributed by atoms with Crippen molar-refractivity contribution in [2.24, 2.45) is 0 Å². The highest BCUT2D eigenvalue weighted by Gasteiger charge is 2.53. The van der Waals surface area contributed by atoms with Crippen molar-refractivity contribution in [2.45, 2.75) is 17.2 Å². The van der Waals surface area contributed by atoms with Crippen LogP contribution in [0.25, 0.3) is 0 Å². The fourth-order valence-corrected chi connectivity index (χ4v) is 3.77.